The molecule has 1 aromatic heterocycles. The molecule has 0 unspecified atom stereocenters. The summed E-state index contributed by atoms with van der Waals surface area (Å²) >= 11 is 0. The number of nitrogens with one attached hydrogen (secondary N) is 1. The van der Waals surface area contributed by atoms with E-state index in [1.807, 2.05) is 6.92 Å². The Morgan fingerprint density at radius 1 is 1.48 bits per heavy atom. The summed E-state index contributed by atoms with van der Waals surface area (Å²) in [4.78, 5) is 20.6. The summed E-state index contributed by atoms with van der Waals surface area (Å²) in [6.07, 6.45) is 7.65. The number of aryl methyl sites for hydroxylation is 1. The summed E-state index contributed by atoms with van der Waals surface area (Å²) in [5.41, 5.74) is 0.615. The van der Waals surface area contributed by atoms with E-state index in [9.17, 15) is 4.79 Å². The highest BCUT2D eigenvalue weighted by molar-refractivity contribution is 5.92. The maximum absolute atomic E-state index is 12.4. The van der Waals surface area contributed by atoms with Gasteiger partial charge in [0.15, 0.2) is 0 Å². The average molecular weight is 289 g/mol. The van der Waals surface area contributed by atoms with E-state index in [2.05, 4.69) is 15.3 Å². The van der Waals surface area contributed by atoms with Gasteiger partial charge >= 0.3 is 0 Å². The number of ether oxygens (including phenoxy) is 1. The summed E-state index contributed by atoms with van der Waals surface area (Å²) in [6.45, 7) is 4.58. The van der Waals surface area contributed by atoms with Crippen LogP contribution in [0, 0.1) is 12.3 Å². The SMILES string of the molecule is CCO[C@@H]1C[C@@H](NC(=O)c2ccnc(C)n2)C12CCCC2. The average Bonchev–Trinajstić information content (AvgIpc) is 2.98. The molecule has 1 amide bonds. The smallest absolute Gasteiger partial charge is 0.270 e. The summed E-state index contributed by atoms with van der Waals surface area (Å²) in [7, 11) is 0. The van der Waals surface area contributed by atoms with Crippen LogP contribution in [0.4, 0.5) is 0 Å². The molecule has 2 saturated carbocycles. The summed E-state index contributed by atoms with van der Waals surface area (Å²) in [5.74, 6) is 0.533. The molecule has 1 aromatic rings. The first kappa shape index (κ1) is 14.4. The number of carbonyl (C=O) groups excluding carboxylic acids is 1. The summed E-state index contributed by atoms with van der Waals surface area (Å²) in [6, 6.07) is 1.89. The van der Waals surface area contributed by atoms with Crippen LogP contribution in [0.5, 0.6) is 0 Å². The second kappa shape index (κ2) is 5.72. The van der Waals surface area contributed by atoms with E-state index in [4.69, 9.17) is 4.74 Å². The molecule has 5 heteroatoms. The van der Waals surface area contributed by atoms with Crippen molar-refractivity contribution in [2.75, 3.05) is 6.61 Å². The summed E-state index contributed by atoms with van der Waals surface area (Å²) < 4.78 is 5.88. The third-order valence-electron chi connectivity index (χ3n) is 5.00. The number of aromatic nitrogens is 2. The standard InChI is InChI=1S/C16H23N3O2/c1-3-21-14-10-13(16(14)7-4-5-8-16)19-15(20)12-6-9-17-11(2)18-12/h6,9,13-14H,3-5,7-8,10H2,1-2H3,(H,19,20)/t13-,14-/m1/s1. The van der Waals surface area contributed by atoms with E-state index in [-0.39, 0.29) is 17.4 Å². The molecule has 0 radical (unpaired) electrons. The van der Waals surface area contributed by atoms with Gasteiger partial charge in [-0.15, -0.1) is 0 Å². The third kappa shape index (κ3) is 2.55. The van der Waals surface area contributed by atoms with Gasteiger partial charge in [-0.25, -0.2) is 9.97 Å². The van der Waals surface area contributed by atoms with Gasteiger partial charge in [0.25, 0.3) is 5.91 Å². The molecule has 21 heavy (non-hydrogen) atoms. The number of rotatable bonds is 4. The van der Waals surface area contributed by atoms with E-state index in [1.54, 1.807) is 19.2 Å². The molecular weight excluding hydrogens is 266 g/mol. The van der Waals surface area contributed by atoms with Gasteiger partial charge in [0.05, 0.1) is 6.10 Å². The van der Waals surface area contributed by atoms with Gasteiger partial charge in [0.2, 0.25) is 0 Å². The largest absolute Gasteiger partial charge is 0.378 e. The van der Waals surface area contributed by atoms with Crippen molar-refractivity contribution in [2.45, 2.75) is 58.1 Å². The van der Waals surface area contributed by atoms with Crippen molar-refractivity contribution in [3.63, 3.8) is 0 Å². The van der Waals surface area contributed by atoms with Crippen molar-refractivity contribution >= 4 is 5.91 Å². The van der Waals surface area contributed by atoms with Gasteiger partial charge in [-0.3, -0.25) is 4.79 Å². The highest BCUT2D eigenvalue weighted by atomic mass is 16.5. The first-order valence-corrected chi connectivity index (χ1v) is 7.88. The molecule has 2 aliphatic rings. The quantitative estimate of drug-likeness (QED) is 0.923. The number of carbonyl (C=O) groups is 1. The number of amides is 1. The van der Waals surface area contributed by atoms with Gasteiger partial charge in [0, 0.05) is 24.3 Å². The molecule has 1 heterocycles. The minimum atomic E-state index is -0.0910. The number of hydrogen-bond donors (Lipinski definition) is 1. The molecule has 2 atom stereocenters. The lowest BCUT2D eigenvalue weighted by Crippen LogP contribution is -2.63. The molecule has 1 spiro atoms. The van der Waals surface area contributed by atoms with Crippen LogP contribution < -0.4 is 5.32 Å². The monoisotopic (exact) mass is 289 g/mol. The zero-order valence-corrected chi connectivity index (χ0v) is 12.8. The van der Waals surface area contributed by atoms with Gasteiger partial charge in [-0.1, -0.05) is 12.8 Å². The van der Waals surface area contributed by atoms with Crippen LogP contribution >= 0.6 is 0 Å². The molecule has 114 valence electrons. The fourth-order valence-electron chi connectivity index (χ4n) is 3.90. The van der Waals surface area contributed by atoms with Crippen molar-refractivity contribution in [3.8, 4) is 0 Å². The van der Waals surface area contributed by atoms with Crippen molar-refractivity contribution in [1.82, 2.24) is 15.3 Å². The number of nitrogens with zero attached hydrogens (tertiary/aromatic N) is 2. The molecule has 0 aliphatic heterocycles. The zero-order valence-electron chi connectivity index (χ0n) is 12.8. The molecule has 3 rings (SSSR count). The van der Waals surface area contributed by atoms with Crippen molar-refractivity contribution in [1.29, 1.82) is 0 Å². The summed E-state index contributed by atoms with van der Waals surface area (Å²) in [5, 5.41) is 3.17. The van der Waals surface area contributed by atoms with E-state index in [1.165, 1.54) is 12.8 Å². The van der Waals surface area contributed by atoms with Crippen molar-refractivity contribution in [2.24, 2.45) is 5.41 Å². The number of hydrogen-bond acceptors (Lipinski definition) is 4. The van der Waals surface area contributed by atoms with Gasteiger partial charge in [-0.05, 0) is 39.2 Å². The molecule has 5 nitrogen and oxygen atoms in total. The van der Waals surface area contributed by atoms with Crippen LogP contribution in [0.1, 0.15) is 55.3 Å². The zero-order chi connectivity index (χ0) is 14.9. The van der Waals surface area contributed by atoms with Crippen molar-refractivity contribution in [3.05, 3.63) is 23.8 Å². The predicted molar refractivity (Wildman–Crippen MR) is 79.0 cm³/mol. The molecule has 2 aliphatic carbocycles. The highest BCUT2D eigenvalue weighted by Gasteiger charge is 2.57. The maximum atomic E-state index is 12.4. The fourth-order valence-corrected chi connectivity index (χ4v) is 3.90. The first-order chi connectivity index (χ1) is 10.2. The Bertz CT molecular complexity index is 526. The van der Waals surface area contributed by atoms with E-state index < -0.39 is 0 Å². The van der Waals surface area contributed by atoms with E-state index >= 15 is 0 Å². The maximum Gasteiger partial charge on any atom is 0.270 e. The normalized spacial score (nSPS) is 26.6. The Kier molecular flexibility index (Phi) is 3.93. The first-order valence-electron chi connectivity index (χ1n) is 7.88. The predicted octanol–water partition coefficient (Wildman–Crippen LogP) is 2.25. The Morgan fingerprint density at radius 2 is 2.24 bits per heavy atom. The van der Waals surface area contributed by atoms with Crippen LogP contribution in [0.25, 0.3) is 0 Å². The van der Waals surface area contributed by atoms with Crippen molar-refractivity contribution < 1.29 is 9.53 Å². The van der Waals surface area contributed by atoms with Gasteiger partial charge in [-0.2, -0.15) is 0 Å². The second-order valence-electron chi connectivity index (χ2n) is 6.14. The van der Waals surface area contributed by atoms with E-state index in [0.717, 1.165) is 25.9 Å². The van der Waals surface area contributed by atoms with Crippen LogP contribution in [0.3, 0.4) is 0 Å². The Hall–Kier alpha value is -1.49. The fraction of sp³-hybridized carbons (Fsp3) is 0.688. The second-order valence-corrected chi connectivity index (χ2v) is 6.14. The highest BCUT2D eigenvalue weighted by Crippen LogP contribution is 2.54. The third-order valence-corrected chi connectivity index (χ3v) is 5.00. The minimum absolute atomic E-state index is 0.0910. The van der Waals surface area contributed by atoms with Crippen LogP contribution in [0.15, 0.2) is 12.3 Å². The molecule has 0 bridgehead atoms. The molecule has 0 aromatic carbocycles. The molecular formula is C16H23N3O2. The van der Waals surface area contributed by atoms with Gasteiger partial charge < -0.3 is 10.1 Å². The lowest BCUT2D eigenvalue weighted by Gasteiger charge is -2.54. The van der Waals surface area contributed by atoms with Crippen LogP contribution in [0.2, 0.25) is 0 Å². The Labute approximate surface area is 125 Å². The topological polar surface area (TPSA) is 64.1 Å². The lowest BCUT2D eigenvalue weighted by atomic mass is 9.60. The Morgan fingerprint density at radius 3 is 2.90 bits per heavy atom. The Balaban J connectivity index is 1.69. The van der Waals surface area contributed by atoms with Gasteiger partial charge in [0.1, 0.15) is 11.5 Å². The van der Waals surface area contributed by atoms with Crippen LogP contribution in [-0.4, -0.2) is 34.6 Å². The molecule has 2 fully saturated rings. The van der Waals surface area contributed by atoms with E-state index in [0.29, 0.717) is 17.6 Å². The minimum Gasteiger partial charge on any atom is -0.378 e. The molecule has 1 N–H and O–H groups in total. The lowest BCUT2D eigenvalue weighted by molar-refractivity contribution is -0.127. The molecule has 0 saturated heterocycles. The van der Waals surface area contributed by atoms with Crippen LogP contribution in [-0.2, 0) is 4.74 Å².